The van der Waals surface area contributed by atoms with Crippen LogP contribution in [0.5, 0.6) is 11.5 Å². The van der Waals surface area contributed by atoms with Gasteiger partial charge in [-0.1, -0.05) is 18.2 Å². The summed E-state index contributed by atoms with van der Waals surface area (Å²) in [7, 11) is 0. The molecule has 7 nitrogen and oxygen atoms in total. The highest BCUT2D eigenvalue weighted by Gasteiger charge is 2.43. The van der Waals surface area contributed by atoms with Gasteiger partial charge in [-0.25, -0.2) is 0 Å². The molecule has 2 aromatic carbocycles. The zero-order valence-electron chi connectivity index (χ0n) is 18.1. The van der Waals surface area contributed by atoms with Crippen LogP contribution in [0.2, 0.25) is 0 Å². The Morgan fingerprint density at radius 2 is 1.91 bits per heavy atom. The number of benzene rings is 2. The minimum atomic E-state index is -4.83. The Morgan fingerprint density at radius 1 is 1.11 bits per heavy atom. The second kappa shape index (κ2) is 8.46. The molecular formula is C25H18F3N3O4. The molecule has 0 fully saturated rings. The van der Waals surface area contributed by atoms with Gasteiger partial charge in [0.15, 0.2) is 0 Å². The SMILES string of the molecule is O=C(N[C@]1(c2ccc(OC(F)(F)F)cc2)CCOc2cccnc21)c1ccc2cc[nH]c(=O)c2c1. The maximum atomic E-state index is 13.4. The van der Waals surface area contributed by atoms with Gasteiger partial charge in [0.05, 0.1) is 6.61 Å². The van der Waals surface area contributed by atoms with Crippen molar-refractivity contribution in [2.45, 2.75) is 18.3 Å². The van der Waals surface area contributed by atoms with Crippen LogP contribution in [0.15, 0.2) is 77.9 Å². The molecule has 3 heterocycles. The Morgan fingerprint density at radius 3 is 2.69 bits per heavy atom. The molecule has 4 aromatic rings. The molecule has 2 N–H and O–H groups in total. The first-order valence-corrected chi connectivity index (χ1v) is 10.6. The van der Waals surface area contributed by atoms with Crippen LogP contribution in [0.25, 0.3) is 10.8 Å². The van der Waals surface area contributed by atoms with Gasteiger partial charge in [0.1, 0.15) is 22.7 Å². The summed E-state index contributed by atoms with van der Waals surface area (Å²) >= 11 is 0. The van der Waals surface area contributed by atoms with E-state index in [9.17, 15) is 22.8 Å². The number of aromatic amines is 1. The monoisotopic (exact) mass is 481 g/mol. The molecule has 1 amide bonds. The van der Waals surface area contributed by atoms with E-state index in [0.29, 0.717) is 27.8 Å². The normalized spacial score (nSPS) is 17.3. The van der Waals surface area contributed by atoms with E-state index in [1.54, 1.807) is 36.5 Å². The number of pyridine rings is 2. The Bertz CT molecular complexity index is 1470. The molecule has 178 valence electrons. The van der Waals surface area contributed by atoms with E-state index in [1.165, 1.54) is 36.5 Å². The standard InChI is InChI=1S/C25H18F3N3O4/c26-25(27,28)35-18-7-5-17(6-8-18)24(10-13-34-20-2-1-11-29-21(20)24)31-22(32)16-4-3-15-9-12-30-23(33)19(15)14-16/h1-9,11-12,14H,10,13H2,(H,30,33)(H,31,32)/t24-/m0/s1. The molecule has 35 heavy (non-hydrogen) atoms. The summed E-state index contributed by atoms with van der Waals surface area (Å²) < 4.78 is 47.6. The lowest BCUT2D eigenvalue weighted by molar-refractivity contribution is -0.274. The Hall–Kier alpha value is -4.34. The summed E-state index contributed by atoms with van der Waals surface area (Å²) in [5, 5.41) is 4.05. The van der Waals surface area contributed by atoms with Gasteiger partial charge in [-0.2, -0.15) is 0 Å². The fourth-order valence-electron chi connectivity index (χ4n) is 4.27. The highest BCUT2D eigenvalue weighted by atomic mass is 19.4. The average Bonchev–Trinajstić information content (AvgIpc) is 2.84. The van der Waals surface area contributed by atoms with Crippen LogP contribution in [0.1, 0.15) is 28.0 Å². The van der Waals surface area contributed by atoms with Crippen molar-refractivity contribution in [2.24, 2.45) is 0 Å². The molecule has 10 heteroatoms. The van der Waals surface area contributed by atoms with Gasteiger partial charge < -0.3 is 19.8 Å². The molecule has 0 radical (unpaired) electrons. The van der Waals surface area contributed by atoms with Crippen molar-refractivity contribution in [1.82, 2.24) is 15.3 Å². The number of ether oxygens (including phenoxy) is 2. The Labute approximate surface area is 196 Å². The molecule has 0 saturated carbocycles. The number of nitrogens with one attached hydrogen (secondary N) is 2. The number of alkyl halides is 3. The zero-order chi connectivity index (χ0) is 24.6. The van der Waals surface area contributed by atoms with Crippen molar-refractivity contribution in [1.29, 1.82) is 0 Å². The second-order valence-electron chi connectivity index (χ2n) is 7.99. The van der Waals surface area contributed by atoms with Gasteiger partial charge >= 0.3 is 6.36 Å². The van der Waals surface area contributed by atoms with E-state index in [4.69, 9.17) is 4.74 Å². The minimum Gasteiger partial charge on any atom is -0.491 e. The van der Waals surface area contributed by atoms with Crippen LogP contribution in [0, 0.1) is 0 Å². The molecule has 0 saturated heterocycles. The van der Waals surface area contributed by atoms with Gasteiger partial charge in [-0.15, -0.1) is 13.2 Å². The molecule has 0 spiro atoms. The number of H-pyrrole nitrogens is 1. The third-order valence-electron chi connectivity index (χ3n) is 5.85. The van der Waals surface area contributed by atoms with Gasteiger partial charge in [-0.05, 0) is 53.4 Å². The van der Waals surface area contributed by atoms with Crippen molar-refractivity contribution in [3.05, 3.63) is 100 Å². The number of hydrogen-bond donors (Lipinski definition) is 2. The number of fused-ring (bicyclic) bond motifs is 2. The summed E-state index contributed by atoms with van der Waals surface area (Å²) in [5.41, 5.74) is -0.356. The van der Waals surface area contributed by atoms with E-state index in [1.807, 2.05) is 0 Å². The molecule has 1 aliphatic heterocycles. The highest BCUT2D eigenvalue weighted by molar-refractivity contribution is 5.99. The molecule has 0 aliphatic carbocycles. The minimum absolute atomic E-state index is 0.233. The first-order chi connectivity index (χ1) is 16.7. The molecule has 0 unspecified atom stereocenters. The number of carbonyl (C=O) groups excluding carboxylic acids is 1. The number of aromatic nitrogens is 2. The summed E-state index contributed by atoms with van der Waals surface area (Å²) in [5.74, 6) is -0.418. The second-order valence-corrected chi connectivity index (χ2v) is 7.99. The third-order valence-corrected chi connectivity index (χ3v) is 5.85. The summed E-state index contributed by atoms with van der Waals surface area (Å²) in [6.45, 7) is 0.233. The van der Waals surface area contributed by atoms with Crippen LogP contribution in [-0.4, -0.2) is 28.8 Å². The first kappa shape index (κ1) is 22.5. The van der Waals surface area contributed by atoms with E-state index in [2.05, 4.69) is 20.0 Å². The number of halogens is 3. The van der Waals surface area contributed by atoms with E-state index < -0.39 is 17.8 Å². The van der Waals surface area contributed by atoms with Crippen LogP contribution < -0.4 is 20.3 Å². The maximum absolute atomic E-state index is 13.4. The van der Waals surface area contributed by atoms with Crippen LogP contribution in [0.4, 0.5) is 13.2 Å². The Kier molecular flexibility index (Phi) is 5.43. The highest BCUT2D eigenvalue weighted by Crippen LogP contribution is 2.41. The van der Waals surface area contributed by atoms with Gasteiger partial charge in [-0.3, -0.25) is 14.6 Å². The summed E-state index contributed by atoms with van der Waals surface area (Å²) in [6, 6.07) is 15.2. The lowest BCUT2D eigenvalue weighted by Crippen LogP contribution is -2.50. The van der Waals surface area contributed by atoms with Crippen LogP contribution in [0.3, 0.4) is 0 Å². The van der Waals surface area contributed by atoms with E-state index >= 15 is 0 Å². The first-order valence-electron chi connectivity index (χ1n) is 10.6. The van der Waals surface area contributed by atoms with Gasteiger partial charge in [0.2, 0.25) is 0 Å². The molecule has 5 rings (SSSR count). The quantitative estimate of drug-likeness (QED) is 0.454. The van der Waals surface area contributed by atoms with Crippen molar-refractivity contribution < 1.29 is 27.4 Å². The van der Waals surface area contributed by atoms with E-state index in [0.717, 1.165) is 0 Å². The fraction of sp³-hybridized carbons (Fsp3) is 0.160. The van der Waals surface area contributed by atoms with Gasteiger partial charge in [0.25, 0.3) is 11.5 Å². The number of amides is 1. The lowest BCUT2D eigenvalue weighted by Gasteiger charge is -2.39. The van der Waals surface area contributed by atoms with E-state index in [-0.39, 0.29) is 29.9 Å². The molecular weight excluding hydrogens is 463 g/mol. The number of carbonyl (C=O) groups is 1. The fourth-order valence-corrected chi connectivity index (χ4v) is 4.27. The average molecular weight is 481 g/mol. The summed E-state index contributed by atoms with van der Waals surface area (Å²) in [6.07, 6.45) is -1.48. The van der Waals surface area contributed by atoms with Crippen molar-refractivity contribution in [2.75, 3.05) is 6.61 Å². The maximum Gasteiger partial charge on any atom is 0.573 e. The number of nitrogens with zero attached hydrogens (tertiary/aromatic N) is 1. The smallest absolute Gasteiger partial charge is 0.491 e. The number of hydrogen-bond acceptors (Lipinski definition) is 5. The third kappa shape index (κ3) is 4.30. The van der Waals surface area contributed by atoms with Crippen LogP contribution >= 0.6 is 0 Å². The molecule has 0 bridgehead atoms. The predicted molar refractivity (Wildman–Crippen MR) is 120 cm³/mol. The van der Waals surface area contributed by atoms with Crippen LogP contribution in [-0.2, 0) is 5.54 Å². The molecule has 1 atom stereocenters. The Balaban J connectivity index is 1.58. The topological polar surface area (TPSA) is 93.3 Å². The predicted octanol–water partition coefficient (Wildman–Crippen LogP) is 4.28. The zero-order valence-corrected chi connectivity index (χ0v) is 18.1. The summed E-state index contributed by atoms with van der Waals surface area (Å²) in [4.78, 5) is 32.7. The number of rotatable bonds is 4. The molecule has 2 aromatic heterocycles. The van der Waals surface area contributed by atoms with Crippen molar-refractivity contribution in [3.63, 3.8) is 0 Å². The van der Waals surface area contributed by atoms with Crippen molar-refractivity contribution >= 4 is 16.7 Å². The lowest BCUT2D eigenvalue weighted by atomic mass is 9.81. The molecule has 1 aliphatic rings. The largest absolute Gasteiger partial charge is 0.573 e. The van der Waals surface area contributed by atoms with Gasteiger partial charge in [0, 0.05) is 29.8 Å². The van der Waals surface area contributed by atoms with Crippen molar-refractivity contribution in [3.8, 4) is 11.5 Å².